The first-order chi connectivity index (χ1) is 15.9. The third kappa shape index (κ3) is 4.46. The van der Waals surface area contributed by atoms with Crippen LogP contribution in [0.1, 0.15) is 17.2 Å². The molecule has 0 radical (unpaired) electrons. The average Bonchev–Trinajstić information content (AvgIpc) is 3.08. The molecule has 1 amide bonds. The van der Waals surface area contributed by atoms with Gasteiger partial charge >= 0.3 is 0 Å². The summed E-state index contributed by atoms with van der Waals surface area (Å²) < 4.78 is 39.3. The number of hydrogen-bond acceptors (Lipinski definition) is 6. The van der Waals surface area contributed by atoms with Crippen molar-refractivity contribution in [3.8, 4) is 5.75 Å². The van der Waals surface area contributed by atoms with E-state index in [2.05, 4.69) is 4.90 Å². The first kappa shape index (κ1) is 22.9. The Hall–Kier alpha value is -3.30. The predicted octanol–water partition coefficient (Wildman–Crippen LogP) is 2.73. The standard InChI is InChI=1S/C24H24F2N2O5/c1-32-19-7-6-15(25)14-17(19)22(29)20-21(16-4-2-3-5-18(16)26)28(24(31)23(20)30)9-8-27-10-12-33-13-11-27/h2-7,14,21,29H,8-13H2,1H3/b22-20+/t21-/m0/s1. The van der Waals surface area contributed by atoms with Gasteiger partial charge < -0.3 is 19.5 Å². The Balaban J connectivity index is 1.80. The molecule has 2 aromatic rings. The summed E-state index contributed by atoms with van der Waals surface area (Å²) in [5.74, 6) is -3.62. The third-order valence-corrected chi connectivity index (χ3v) is 5.92. The van der Waals surface area contributed by atoms with E-state index in [1.807, 2.05) is 0 Å². The lowest BCUT2D eigenvalue weighted by atomic mass is 9.94. The van der Waals surface area contributed by atoms with Crippen molar-refractivity contribution in [2.75, 3.05) is 46.5 Å². The van der Waals surface area contributed by atoms with Crippen molar-refractivity contribution < 1.29 is 33.0 Å². The lowest BCUT2D eigenvalue weighted by Gasteiger charge is -2.31. The van der Waals surface area contributed by atoms with Crippen LogP contribution in [-0.4, -0.2) is 73.1 Å². The van der Waals surface area contributed by atoms with Gasteiger partial charge in [-0.2, -0.15) is 0 Å². The second-order valence-electron chi connectivity index (χ2n) is 7.81. The van der Waals surface area contributed by atoms with Crippen LogP contribution in [0, 0.1) is 11.6 Å². The van der Waals surface area contributed by atoms with Crippen molar-refractivity contribution >= 4 is 17.4 Å². The topological polar surface area (TPSA) is 79.3 Å². The molecule has 9 heteroatoms. The maximum atomic E-state index is 14.8. The van der Waals surface area contributed by atoms with E-state index in [-0.39, 0.29) is 29.0 Å². The van der Waals surface area contributed by atoms with E-state index < -0.39 is 35.1 Å². The Labute approximate surface area is 189 Å². The van der Waals surface area contributed by atoms with E-state index in [1.165, 1.54) is 36.3 Å². The number of amides is 1. The Morgan fingerprint density at radius 1 is 1.12 bits per heavy atom. The molecule has 2 heterocycles. The number of morpholine rings is 1. The van der Waals surface area contributed by atoms with Crippen LogP contribution < -0.4 is 4.74 Å². The van der Waals surface area contributed by atoms with Crippen LogP contribution in [0.3, 0.4) is 0 Å². The van der Waals surface area contributed by atoms with Crippen LogP contribution in [0.5, 0.6) is 5.75 Å². The highest BCUT2D eigenvalue weighted by atomic mass is 19.1. The minimum atomic E-state index is -1.17. The average molecular weight is 458 g/mol. The van der Waals surface area contributed by atoms with Crippen molar-refractivity contribution in [3.63, 3.8) is 0 Å². The monoisotopic (exact) mass is 458 g/mol. The zero-order chi connectivity index (χ0) is 23.5. The number of halogens is 2. The first-order valence-electron chi connectivity index (χ1n) is 10.6. The van der Waals surface area contributed by atoms with Crippen LogP contribution >= 0.6 is 0 Å². The van der Waals surface area contributed by atoms with E-state index in [9.17, 15) is 23.5 Å². The van der Waals surface area contributed by atoms with Crippen LogP contribution in [0.2, 0.25) is 0 Å². The molecule has 0 unspecified atom stereocenters. The van der Waals surface area contributed by atoms with Gasteiger partial charge in [-0.3, -0.25) is 14.5 Å². The van der Waals surface area contributed by atoms with Gasteiger partial charge in [0.05, 0.1) is 37.5 Å². The molecule has 2 aliphatic rings. The van der Waals surface area contributed by atoms with Crippen LogP contribution in [0.25, 0.3) is 5.76 Å². The molecule has 0 saturated carbocycles. The molecule has 1 atom stereocenters. The van der Waals surface area contributed by atoms with Crippen molar-refractivity contribution in [2.45, 2.75) is 6.04 Å². The second-order valence-corrected chi connectivity index (χ2v) is 7.81. The number of benzene rings is 2. The lowest BCUT2D eigenvalue weighted by molar-refractivity contribution is -0.140. The summed E-state index contributed by atoms with van der Waals surface area (Å²) in [5, 5.41) is 11.1. The van der Waals surface area contributed by atoms with Gasteiger partial charge in [0.1, 0.15) is 23.1 Å². The molecular formula is C24H24F2N2O5. The zero-order valence-corrected chi connectivity index (χ0v) is 18.1. The minimum Gasteiger partial charge on any atom is -0.507 e. The molecule has 2 fully saturated rings. The van der Waals surface area contributed by atoms with E-state index in [0.717, 1.165) is 12.1 Å². The lowest BCUT2D eigenvalue weighted by Crippen LogP contribution is -2.42. The highest BCUT2D eigenvalue weighted by Gasteiger charge is 2.47. The summed E-state index contributed by atoms with van der Waals surface area (Å²) in [7, 11) is 1.33. The highest BCUT2D eigenvalue weighted by Crippen LogP contribution is 2.41. The molecular weight excluding hydrogens is 434 g/mol. The molecule has 0 spiro atoms. The Kier molecular flexibility index (Phi) is 6.71. The SMILES string of the molecule is COc1ccc(F)cc1/C(O)=C1\C(=O)C(=O)N(CCN2CCOCC2)[C@H]1c1ccccc1F. The molecule has 7 nitrogen and oxygen atoms in total. The summed E-state index contributed by atoms with van der Waals surface area (Å²) in [6.45, 7) is 3.07. The summed E-state index contributed by atoms with van der Waals surface area (Å²) in [6.07, 6.45) is 0. The van der Waals surface area contributed by atoms with Crippen LogP contribution in [0.15, 0.2) is 48.0 Å². The molecule has 4 rings (SSSR count). The van der Waals surface area contributed by atoms with E-state index >= 15 is 0 Å². The second kappa shape index (κ2) is 9.68. The van der Waals surface area contributed by atoms with Crippen molar-refractivity contribution in [1.29, 1.82) is 0 Å². The normalized spacial score (nSPS) is 20.9. The van der Waals surface area contributed by atoms with Gasteiger partial charge in [-0.15, -0.1) is 0 Å². The van der Waals surface area contributed by atoms with Gasteiger partial charge in [-0.05, 0) is 24.3 Å². The quantitative estimate of drug-likeness (QED) is 0.408. The number of rotatable bonds is 6. The van der Waals surface area contributed by atoms with Gasteiger partial charge in [-0.25, -0.2) is 8.78 Å². The molecule has 0 aliphatic carbocycles. The first-order valence-corrected chi connectivity index (χ1v) is 10.6. The van der Waals surface area contributed by atoms with Gasteiger partial charge in [0.2, 0.25) is 0 Å². The molecule has 0 bridgehead atoms. The summed E-state index contributed by atoms with van der Waals surface area (Å²) in [6, 6.07) is 8.05. The number of ether oxygens (including phenoxy) is 2. The largest absolute Gasteiger partial charge is 0.507 e. The molecule has 2 saturated heterocycles. The zero-order valence-electron chi connectivity index (χ0n) is 18.1. The fourth-order valence-corrected chi connectivity index (χ4v) is 4.22. The summed E-state index contributed by atoms with van der Waals surface area (Å²) >= 11 is 0. The Bertz CT molecular complexity index is 1100. The number of hydrogen-bond donors (Lipinski definition) is 1. The number of aliphatic hydroxyl groups is 1. The van der Waals surface area contributed by atoms with Crippen molar-refractivity contribution in [3.05, 3.63) is 70.8 Å². The number of ketones is 1. The number of aliphatic hydroxyl groups excluding tert-OH is 1. The number of carbonyl (C=O) groups is 2. The number of carbonyl (C=O) groups excluding carboxylic acids is 2. The highest BCUT2D eigenvalue weighted by molar-refractivity contribution is 6.46. The molecule has 2 aliphatic heterocycles. The number of methoxy groups -OCH3 is 1. The molecule has 174 valence electrons. The molecule has 1 N–H and O–H groups in total. The Morgan fingerprint density at radius 2 is 1.85 bits per heavy atom. The van der Waals surface area contributed by atoms with E-state index in [4.69, 9.17) is 9.47 Å². The third-order valence-electron chi connectivity index (χ3n) is 5.92. The number of Topliss-reactive ketones (excluding diaryl/α,β-unsaturated/α-hetero) is 1. The number of likely N-dealkylation sites (tertiary alicyclic amines) is 1. The smallest absolute Gasteiger partial charge is 0.295 e. The summed E-state index contributed by atoms with van der Waals surface area (Å²) in [4.78, 5) is 29.4. The Morgan fingerprint density at radius 3 is 2.55 bits per heavy atom. The maximum absolute atomic E-state index is 14.8. The minimum absolute atomic E-state index is 0.0654. The molecule has 2 aromatic carbocycles. The molecule has 33 heavy (non-hydrogen) atoms. The summed E-state index contributed by atoms with van der Waals surface area (Å²) in [5.41, 5.74) is -0.336. The van der Waals surface area contributed by atoms with Crippen molar-refractivity contribution in [2.24, 2.45) is 0 Å². The van der Waals surface area contributed by atoms with Gasteiger partial charge in [-0.1, -0.05) is 18.2 Å². The van der Waals surface area contributed by atoms with Gasteiger partial charge in [0.25, 0.3) is 11.7 Å². The molecule has 0 aromatic heterocycles. The van der Waals surface area contributed by atoms with E-state index in [1.54, 1.807) is 6.07 Å². The fraction of sp³-hybridized carbons (Fsp3) is 0.333. The number of nitrogens with zero attached hydrogens (tertiary/aromatic N) is 2. The van der Waals surface area contributed by atoms with Gasteiger partial charge in [0, 0.05) is 31.7 Å². The van der Waals surface area contributed by atoms with Crippen LogP contribution in [0.4, 0.5) is 8.78 Å². The van der Waals surface area contributed by atoms with E-state index in [0.29, 0.717) is 32.8 Å². The van der Waals surface area contributed by atoms with Crippen LogP contribution in [-0.2, 0) is 14.3 Å². The maximum Gasteiger partial charge on any atom is 0.295 e. The fourth-order valence-electron chi connectivity index (χ4n) is 4.22. The predicted molar refractivity (Wildman–Crippen MR) is 116 cm³/mol. The van der Waals surface area contributed by atoms with Crippen molar-refractivity contribution in [1.82, 2.24) is 9.80 Å². The van der Waals surface area contributed by atoms with Gasteiger partial charge in [0.15, 0.2) is 0 Å².